The maximum absolute atomic E-state index is 4.34. The second kappa shape index (κ2) is 13.9. The van der Waals surface area contributed by atoms with Crippen molar-refractivity contribution in [3.63, 3.8) is 0 Å². The van der Waals surface area contributed by atoms with Gasteiger partial charge in [-0.25, -0.2) is 0 Å². The summed E-state index contributed by atoms with van der Waals surface area (Å²) >= 11 is 0. The van der Waals surface area contributed by atoms with Crippen molar-refractivity contribution >= 4 is 24.3 Å². The highest BCUT2D eigenvalue weighted by Crippen LogP contribution is 2.85. The Balaban J connectivity index is 1.19. The standard InChI is InChI=1S/C64H62/c1-5-47-29-48(6-2)32-55(31-47)61-37-57(51-21-13-9-14-22-51)35-58(38-61,52-23-15-10-16-24-52)42-63(41-57,45-61)64-43-59(53-25-17-11-18-26-53)36-60(44-64,54-27-19-12-20-28-54)40-62(39-59,46-64)56-33-49(7-3)30-50(8-4)34-56/h5-34H,1-4,35-46H2. The summed E-state index contributed by atoms with van der Waals surface area (Å²) < 4.78 is 0. The smallest absolute Gasteiger partial charge is 0.00241 e. The van der Waals surface area contributed by atoms with Crippen molar-refractivity contribution in [3.05, 3.63) is 240 Å². The third-order valence-electron chi connectivity index (χ3n) is 18.9. The molecule has 8 fully saturated rings. The van der Waals surface area contributed by atoms with E-state index in [4.69, 9.17) is 0 Å². The molecule has 8 aliphatic rings. The monoisotopic (exact) mass is 830 g/mol. The van der Waals surface area contributed by atoms with Crippen LogP contribution in [0.5, 0.6) is 0 Å². The van der Waals surface area contributed by atoms with Gasteiger partial charge in [-0.2, -0.15) is 0 Å². The summed E-state index contributed by atoms with van der Waals surface area (Å²) in [5.41, 5.74) is 14.1. The third-order valence-corrected chi connectivity index (χ3v) is 18.9. The first-order valence-corrected chi connectivity index (χ1v) is 24.1. The molecule has 4 atom stereocenters. The molecule has 0 N–H and O–H groups in total. The fraction of sp³-hybridized carbons (Fsp3) is 0.312. The Hall–Kier alpha value is -5.72. The molecule has 64 heavy (non-hydrogen) atoms. The van der Waals surface area contributed by atoms with Crippen LogP contribution in [0.2, 0.25) is 0 Å². The van der Waals surface area contributed by atoms with Gasteiger partial charge in [0, 0.05) is 0 Å². The van der Waals surface area contributed by atoms with Crippen molar-refractivity contribution in [3.8, 4) is 0 Å². The molecular formula is C64H62. The second-order valence-electron chi connectivity index (χ2n) is 22.4. The molecule has 8 saturated carbocycles. The lowest BCUT2D eigenvalue weighted by atomic mass is 9.23. The maximum atomic E-state index is 4.34. The normalized spacial score (nSPS) is 35.2. The van der Waals surface area contributed by atoms with Crippen molar-refractivity contribution < 1.29 is 0 Å². The zero-order valence-corrected chi connectivity index (χ0v) is 37.6. The van der Waals surface area contributed by atoms with Gasteiger partial charge in [-0.1, -0.05) is 196 Å². The molecule has 318 valence electrons. The molecule has 0 nitrogen and oxygen atoms in total. The van der Waals surface area contributed by atoms with Gasteiger partial charge in [-0.3, -0.25) is 0 Å². The Morgan fingerprint density at radius 3 is 0.656 bits per heavy atom. The Morgan fingerprint density at radius 1 is 0.250 bits per heavy atom. The fourth-order valence-corrected chi connectivity index (χ4v) is 17.8. The predicted molar refractivity (Wildman–Crippen MR) is 269 cm³/mol. The van der Waals surface area contributed by atoms with E-state index >= 15 is 0 Å². The molecule has 0 heterocycles. The molecular weight excluding hydrogens is 769 g/mol. The van der Waals surface area contributed by atoms with Crippen LogP contribution in [0.1, 0.15) is 133 Å². The molecule has 0 spiro atoms. The molecule has 0 amide bonds. The lowest BCUT2D eigenvalue weighted by molar-refractivity contribution is -0.237. The van der Waals surface area contributed by atoms with Crippen molar-refractivity contribution in [1.82, 2.24) is 0 Å². The molecule has 0 saturated heterocycles. The van der Waals surface area contributed by atoms with E-state index in [1.54, 1.807) is 22.3 Å². The Kier molecular flexibility index (Phi) is 8.65. The lowest BCUT2D eigenvalue weighted by Crippen LogP contribution is -2.75. The van der Waals surface area contributed by atoms with Crippen LogP contribution < -0.4 is 0 Å². The van der Waals surface area contributed by atoms with Crippen LogP contribution in [0.4, 0.5) is 0 Å². The first-order chi connectivity index (χ1) is 31.1. The second-order valence-corrected chi connectivity index (χ2v) is 22.4. The minimum Gasteiger partial charge on any atom is -0.0985 e. The molecule has 0 aliphatic heterocycles. The molecule has 4 unspecified atom stereocenters. The van der Waals surface area contributed by atoms with Gasteiger partial charge in [-0.05, 0) is 188 Å². The van der Waals surface area contributed by atoms with Crippen LogP contribution in [-0.2, 0) is 32.5 Å². The SMILES string of the molecule is C=Cc1cc(C=C)cc(C23CC4(c5ccccc5)CC(c5ccccc5)(C2)CC(C25CC6(c7ccccc7)CC(c7ccccc7)(CC(c7cc(C=C)cc(C=C)c7)(C6)C2)C5)(C4)C3)c1. The van der Waals surface area contributed by atoms with Crippen LogP contribution in [0.15, 0.2) is 184 Å². The van der Waals surface area contributed by atoms with E-state index in [9.17, 15) is 0 Å². The van der Waals surface area contributed by atoms with E-state index in [0.717, 1.165) is 0 Å². The molecule has 0 heteroatoms. The van der Waals surface area contributed by atoms with Gasteiger partial charge in [-0.15, -0.1) is 0 Å². The molecule has 8 aliphatic carbocycles. The highest BCUT2D eigenvalue weighted by atomic mass is 14.8. The summed E-state index contributed by atoms with van der Waals surface area (Å²) in [6.45, 7) is 17.4. The van der Waals surface area contributed by atoms with Crippen molar-refractivity contribution in [2.24, 2.45) is 10.8 Å². The van der Waals surface area contributed by atoms with E-state index in [1.807, 2.05) is 0 Å². The Bertz CT molecular complexity index is 2460. The average molecular weight is 831 g/mol. The Morgan fingerprint density at radius 2 is 0.453 bits per heavy atom. The van der Waals surface area contributed by atoms with Crippen LogP contribution in [-0.4, -0.2) is 0 Å². The molecule has 6 aromatic carbocycles. The third kappa shape index (κ3) is 5.60. The molecule has 0 radical (unpaired) electrons. The van der Waals surface area contributed by atoms with Gasteiger partial charge in [0.1, 0.15) is 0 Å². The van der Waals surface area contributed by atoms with Gasteiger partial charge in [0.2, 0.25) is 0 Å². The summed E-state index contributed by atoms with van der Waals surface area (Å²) in [6.07, 6.45) is 22.8. The van der Waals surface area contributed by atoms with Crippen molar-refractivity contribution in [1.29, 1.82) is 0 Å². The number of hydrogen-bond donors (Lipinski definition) is 0. The highest BCUT2D eigenvalue weighted by Gasteiger charge is 2.79. The fourth-order valence-electron chi connectivity index (χ4n) is 17.8. The van der Waals surface area contributed by atoms with Crippen LogP contribution in [0.3, 0.4) is 0 Å². The van der Waals surface area contributed by atoms with Gasteiger partial charge in [0.25, 0.3) is 0 Å². The number of benzene rings is 6. The minimum atomic E-state index is -0.0354. The quantitative estimate of drug-likeness (QED) is 0.122. The summed E-state index contributed by atoms with van der Waals surface area (Å²) in [7, 11) is 0. The summed E-state index contributed by atoms with van der Waals surface area (Å²) in [6, 6.07) is 62.4. The zero-order chi connectivity index (χ0) is 43.5. The average Bonchev–Trinajstić information content (AvgIpc) is 3.34. The minimum absolute atomic E-state index is 0.0134. The number of rotatable bonds is 11. The summed E-state index contributed by atoms with van der Waals surface area (Å²) in [5, 5.41) is 0. The summed E-state index contributed by atoms with van der Waals surface area (Å²) in [5.74, 6) is 0. The van der Waals surface area contributed by atoms with Gasteiger partial charge in [0.15, 0.2) is 0 Å². The highest BCUT2D eigenvalue weighted by molar-refractivity contribution is 5.62. The Labute approximate surface area is 382 Å². The molecule has 8 bridgehead atoms. The maximum Gasteiger partial charge on any atom is -0.00241 e. The molecule has 14 rings (SSSR count). The molecule has 6 aromatic rings. The van der Waals surface area contributed by atoms with E-state index in [1.165, 1.54) is 110 Å². The predicted octanol–water partition coefficient (Wildman–Crippen LogP) is 15.9. The number of hydrogen-bond acceptors (Lipinski definition) is 0. The van der Waals surface area contributed by atoms with E-state index in [2.05, 4.69) is 208 Å². The van der Waals surface area contributed by atoms with E-state index in [0.29, 0.717) is 0 Å². The largest absolute Gasteiger partial charge is 0.0985 e. The lowest BCUT2D eigenvalue weighted by Gasteiger charge is -2.81. The van der Waals surface area contributed by atoms with Gasteiger partial charge in [0.05, 0.1) is 0 Å². The topological polar surface area (TPSA) is 0 Å². The van der Waals surface area contributed by atoms with Crippen molar-refractivity contribution in [2.45, 2.75) is 110 Å². The van der Waals surface area contributed by atoms with Gasteiger partial charge >= 0.3 is 0 Å². The van der Waals surface area contributed by atoms with E-state index < -0.39 is 0 Å². The first-order valence-electron chi connectivity index (χ1n) is 24.1. The summed E-state index contributed by atoms with van der Waals surface area (Å²) in [4.78, 5) is 0. The van der Waals surface area contributed by atoms with Crippen molar-refractivity contribution in [2.75, 3.05) is 0 Å². The zero-order valence-electron chi connectivity index (χ0n) is 37.6. The van der Waals surface area contributed by atoms with Crippen LogP contribution >= 0.6 is 0 Å². The van der Waals surface area contributed by atoms with E-state index in [-0.39, 0.29) is 43.3 Å². The van der Waals surface area contributed by atoms with Crippen LogP contribution in [0, 0.1) is 10.8 Å². The first kappa shape index (κ1) is 39.8. The molecule has 0 aromatic heterocycles. The van der Waals surface area contributed by atoms with Gasteiger partial charge < -0.3 is 0 Å². The van der Waals surface area contributed by atoms with Crippen LogP contribution in [0.25, 0.3) is 24.3 Å².